The molecular formula is C13H26N2O. The van der Waals surface area contributed by atoms with Crippen LogP contribution in [-0.4, -0.2) is 44.3 Å². The lowest BCUT2D eigenvalue weighted by atomic mass is 9.95. The Balaban J connectivity index is 1.71. The summed E-state index contributed by atoms with van der Waals surface area (Å²) in [5.41, 5.74) is 5.82. The average molecular weight is 226 g/mol. The second-order valence-corrected chi connectivity index (χ2v) is 5.54. The van der Waals surface area contributed by atoms with Crippen LogP contribution in [0.2, 0.25) is 0 Å². The van der Waals surface area contributed by atoms with Gasteiger partial charge in [0.1, 0.15) is 0 Å². The van der Waals surface area contributed by atoms with E-state index in [0.717, 1.165) is 31.5 Å². The summed E-state index contributed by atoms with van der Waals surface area (Å²) in [4.78, 5) is 2.45. The molecular weight excluding hydrogens is 200 g/mol. The zero-order valence-electron chi connectivity index (χ0n) is 10.5. The number of hydrogen-bond donors (Lipinski definition) is 1. The van der Waals surface area contributed by atoms with Crippen molar-refractivity contribution in [3.8, 4) is 0 Å². The molecule has 2 aliphatic rings. The fraction of sp³-hybridized carbons (Fsp3) is 1.00. The zero-order chi connectivity index (χ0) is 11.4. The van der Waals surface area contributed by atoms with Crippen LogP contribution in [0.25, 0.3) is 0 Å². The minimum atomic E-state index is 0.489. The van der Waals surface area contributed by atoms with E-state index in [4.69, 9.17) is 10.5 Å². The van der Waals surface area contributed by atoms with Crippen molar-refractivity contribution in [1.82, 2.24) is 4.90 Å². The van der Waals surface area contributed by atoms with E-state index in [1.807, 2.05) is 0 Å². The Kier molecular flexibility index (Phi) is 4.62. The fourth-order valence-corrected chi connectivity index (χ4v) is 3.28. The Morgan fingerprint density at radius 2 is 1.94 bits per heavy atom. The molecule has 3 unspecified atom stereocenters. The van der Waals surface area contributed by atoms with Crippen LogP contribution < -0.4 is 5.73 Å². The molecule has 3 atom stereocenters. The number of ether oxygens (including phenoxy) is 1. The van der Waals surface area contributed by atoms with Crippen LogP contribution in [0.1, 0.15) is 32.1 Å². The van der Waals surface area contributed by atoms with E-state index in [0.29, 0.717) is 6.10 Å². The molecule has 1 saturated heterocycles. The molecule has 1 saturated carbocycles. The lowest BCUT2D eigenvalue weighted by molar-refractivity contribution is 0.0746. The lowest BCUT2D eigenvalue weighted by Gasteiger charge is -2.26. The molecule has 2 rings (SSSR count). The Labute approximate surface area is 99.3 Å². The maximum absolute atomic E-state index is 5.82. The fourth-order valence-electron chi connectivity index (χ4n) is 3.28. The van der Waals surface area contributed by atoms with Crippen molar-refractivity contribution in [2.45, 2.75) is 38.2 Å². The van der Waals surface area contributed by atoms with Crippen molar-refractivity contribution >= 4 is 0 Å². The number of nitrogens with two attached hydrogens (primary N) is 1. The Bertz CT molecular complexity index is 204. The predicted molar refractivity (Wildman–Crippen MR) is 66.4 cm³/mol. The number of hydrogen-bond acceptors (Lipinski definition) is 3. The summed E-state index contributed by atoms with van der Waals surface area (Å²) >= 11 is 0. The minimum Gasteiger partial charge on any atom is -0.377 e. The third-order valence-electron chi connectivity index (χ3n) is 4.20. The maximum atomic E-state index is 5.82. The Hall–Kier alpha value is -0.120. The van der Waals surface area contributed by atoms with E-state index in [1.54, 1.807) is 0 Å². The van der Waals surface area contributed by atoms with E-state index < -0.39 is 0 Å². The molecule has 1 aliphatic carbocycles. The summed E-state index contributed by atoms with van der Waals surface area (Å²) in [6, 6.07) is 0. The van der Waals surface area contributed by atoms with Gasteiger partial charge in [0.15, 0.2) is 0 Å². The van der Waals surface area contributed by atoms with Gasteiger partial charge in [-0.1, -0.05) is 6.42 Å². The zero-order valence-corrected chi connectivity index (χ0v) is 10.5. The van der Waals surface area contributed by atoms with E-state index in [9.17, 15) is 0 Å². The first-order valence-corrected chi connectivity index (χ1v) is 6.80. The van der Waals surface area contributed by atoms with Gasteiger partial charge in [0.25, 0.3) is 0 Å². The van der Waals surface area contributed by atoms with Crippen molar-refractivity contribution < 1.29 is 4.74 Å². The third-order valence-corrected chi connectivity index (χ3v) is 4.20. The van der Waals surface area contributed by atoms with Gasteiger partial charge >= 0.3 is 0 Å². The van der Waals surface area contributed by atoms with Gasteiger partial charge in [-0.3, -0.25) is 0 Å². The van der Waals surface area contributed by atoms with E-state index >= 15 is 0 Å². The van der Waals surface area contributed by atoms with E-state index in [1.165, 1.54) is 38.6 Å². The van der Waals surface area contributed by atoms with Crippen LogP contribution in [0.3, 0.4) is 0 Å². The van der Waals surface area contributed by atoms with Gasteiger partial charge in [0.2, 0.25) is 0 Å². The van der Waals surface area contributed by atoms with Gasteiger partial charge in [-0.25, -0.2) is 0 Å². The predicted octanol–water partition coefficient (Wildman–Crippen LogP) is 1.47. The van der Waals surface area contributed by atoms with Gasteiger partial charge < -0.3 is 15.4 Å². The second-order valence-electron chi connectivity index (χ2n) is 5.54. The lowest BCUT2D eigenvalue weighted by Crippen LogP contribution is -2.35. The molecule has 0 bridgehead atoms. The molecule has 1 aliphatic heterocycles. The van der Waals surface area contributed by atoms with Gasteiger partial charge in [-0.2, -0.15) is 0 Å². The van der Waals surface area contributed by atoms with Crippen LogP contribution in [0.5, 0.6) is 0 Å². The summed E-state index contributed by atoms with van der Waals surface area (Å²) in [5.74, 6) is 1.60. The first-order chi connectivity index (χ1) is 7.79. The Morgan fingerprint density at radius 3 is 2.62 bits per heavy atom. The average Bonchev–Trinajstić information content (AvgIpc) is 2.88. The van der Waals surface area contributed by atoms with Crippen LogP contribution in [-0.2, 0) is 4.74 Å². The third kappa shape index (κ3) is 3.19. The van der Waals surface area contributed by atoms with Crippen molar-refractivity contribution in [3.05, 3.63) is 0 Å². The number of nitrogens with zero attached hydrogens (tertiary/aromatic N) is 1. The van der Waals surface area contributed by atoms with Crippen molar-refractivity contribution in [2.75, 3.05) is 33.3 Å². The summed E-state index contributed by atoms with van der Waals surface area (Å²) in [7, 11) is 2.23. The SMILES string of the molecule is CN(CC1CCCO1)CC1CCCC1CN. The molecule has 3 heteroatoms. The first kappa shape index (κ1) is 12.3. The molecule has 94 valence electrons. The molecule has 1 heterocycles. The highest BCUT2D eigenvalue weighted by molar-refractivity contribution is 4.81. The first-order valence-electron chi connectivity index (χ1n) is 6.80. The Morgan fingerprint density at radius 1 is 1.12 bits per heavy atom. The highest BCUT2D eigenvalue weighted by atomic mass is 16.5. The van der Waals surface area contributed by atoms with Crippen molar-refractivity contribution in [3.63, 3.8) is 0 Å². The summed E-state index contributed by atoms with van der Waals surface area (Å²) in [6.45, 7) is 4.15. The maximum Gasteiger partial charge on any atom is 0.0702 e. The van der Waals surface area contributed by atoms with Gasteiger partial charge in [-0.05, 0) is 51.1 Å². The van der Waals surface area contributed by atoms with E-state index in [-0.39, 0.29) is 0 Å². The standard InChI is InChI=1S/C13H26N2O/c1-15(10-13-6-3-7-16-13)9-12-5-2-4-11(12)8-14/h11-13H,2-10,14H2,1H3. The van der Waals surface area contributed by atoms with Gasteiger partial charge in [-0.15, -0.1) is 0 Å². The van der Waals surface area contributed by atoms with Gasteiger partial charge in [0, 0.05) is 19.7 Å². The summed E-state index contributed by atoms with van der Waals surface area (Å²) in [6.07, 6.45) is 7.07. The van der Waals surface area contributed by atoms with Crippen LogP contribution in [0.4, 0.5) is 0 Å². The summed E-state index contributed by atoms with van der Waals surface area (Å²) < 4.78 is 5.67. The number of likely N-dealkylation sites (N-methyl/N-ethyl adjacent to an activating group) is 1. The van der Waals surface area contributed by atoms with Crippen LogP contribution >= 0.6 is 0 Å². The monoisotopic (exact) mass is 226 g/mol. The molecule has 0 amide bonds. The van der Waals surface area contributed by atoms with E-state index in [2.05, 4.69) is 11.9 Å². The highest BCUT2D eigenvalue weighted by Gasteiger charge is 2.27. The smallest absolute Gasteiger partial charge is 0.0702 e. The number of rotatable bonds is 5. The van der Waals surface area contributed by atoms with Crippen LogP contribution in [0.15, 0.2) is 0 Å². The molecule has 0 aromatic heterocycles. The largest absolute Gasteiger partial charge is 0.377 e. The quantitative estimate of drug-likeness (QED) is 0.771. The molecule has 2 N–H and O–H groups in total. The molecule has 0 radical (unpaired) electrons. The molecule has 0 aromatic rings. The second kappa shape index (κ2) is 5.99. The van der Waals surface area contributed by atoms with Gasteiger partial charge in [0.05, 0.1) is 6.10 Å². The summed E-state index contributed by atoms with van der Waals surface area (Å²) in [5, 5.41) is 0. The topological polar surface area (TPSA) is 38.5 Å². The molecule has 0 spiro atoms. The highest BCUT2D eigenvalue weighted by Crippen LogP contribution is 2.31. The normalized spacial score (nSPS) is 35.1. The minimum absolute atomic E-state index is 0.489. The molecule has 3 nitrogen and oxygen atoms in total. The molecule has 16 heavy (non-hydrogen) atoms. The van der Waals surface area contributed by atoms with Crippen molar-refractivity contribution in [1.29, 1.82) is 0 Å². The van der Waals surface area contributed by atoms with Crippen molar-refractivity contribution in [2.24, 2.45) is 17.6 Å². The van der Waals surface area contributed by atoms with Crippen LogP contribution in [0, 0.1) is 11.8 Å². The molecule has 0 aromatic carbocycles. The molecule has 2 fully saturated rings.